The van der Waals surface area contributed by atoms with Crippen LogP contribution in [0.4, 0.5) is 10.1 Å². The number of carbonyl (C=O) groups excluding carboxylic acids is 1. The van der Waals surface area contributed by atoms with E-state index in [1.807, 2.05) is 0 Å². The van der Waals surface area contributed by atoms with Crippen molar-refractivity contribution < 1.29 is 9.18 Å². The number of nitrogens with zero attached hydrogens (tertiary/aromatic N) is 2. The quantitative estimate of drug-likeness (QED) is 0.865. The summed E-state index contributed by atoms with van der Waals surface area (Å²) in [6.07, 6.45) is 1.25. The summed E-state index contributed by atoms with van der Waals surface area (Å²) >= 11 is 0. The summed E-state index contributed by atoms with van der Waals surface area (Å²) in [6.45, 7) is 0.612. The van der Waals surface area contributed by atoms with Crippen LogP contribution in [0.2, 0.25) is 0 Å². The molecule has 1 aromatic carbocycles. The first-order valence-electron chi connectivity index (χ1n) is 5.80. The highest BCUT2D eigenvalue weighted by Gasteiger charge is 2.22. The van der Waals surface area contributed by atoms with E-state index in [1.54, 1.807) is 24.1 Å². The van der Waals surface area contributed by atoms with Crippen molar-refractivity contribution in [2.75, 3.05) is 18.9 Å². The van der Waals surface area contributed by atoms with Crippen molar-refractivity contribution in [1.82, 2.24) is 4.90 Å². The first-order chi connectivity index (χ1) is 8.60. The molecule has 1 heterocycles. The Balaban J connectivity index is 2.04. The predicted octanol–water partition coefficient (Wildman–Crippen LogP) is 1.73. The van der Waals surface area contributed by atoms with Crippen molar-refractivity contribution in [2.24, 2.45) is 0 Å². The smallest absolute Gasteiger partial charge is 0.222 e. The van der Waals surface area contributed by atoms with Crippen LogP contribution >= 0.6 is 0 Å². The first kappa shape index (κ1) is 12.4. The maximum absolute atomic E-state index is 13.4. The van der Waals surface area contributed by atoms with Gasteiger partial charge in [0.25, 0.3) is 0 Å². The summed E-state index contributed by atoms with van der Waals surface area (Å²) in [5, 5.41) is 11.8. The summed E-state index contributed by atoms with van der Waals surface area (Å²) in [6, 6.07) is 6.36. The van der Waals surface area contributed by atoms with Crippen molar-refractivity contribution in [3.63, 3.8) is 0 Å². The zero-order chi connectivity index (χ0) is 13.1. The highest BCUT2D eigenvalue weighted by Crippen LogP contribution is 2.18. The molecule has 0 aliphatic carbocycles. The Morgan fingerprint density at radius 2 is 2.33 bits per heavy atom. The van der Waals surface area contributed by atoms with E-state index in [4.69, 9.17) is 5.26 Å². The minimum absolute atomic E-state index is 0.0384. The van der Waals surface area contributed by atoms with Gasteiger partial charge >= 0.3 is 0 Å². The summed E-state index contributed by atoms with van der Waals surface area (Å²) in [5.74, 6) is -0.387. The molecule has 2 rings (SSSR count). The number of likely N-dealkylation sites (N-methyl/N-ethyl adjacent to an activating group) is 1. The standard InChI is InChI=1S/C13H14FN3O/c1-17-8-11(4-5-13(17)18)16-10-3-2-9(7-15)12(14)6-10/h2-3,6,11,16H,4-5,8H2,1H3. The lowest BCUT2D eigenvalue weighted by Crippen LogP contribution is -2.43. The number of likely N-dealkylation sites (tertiary alicyclic amines) is 1. The lowest BCUT2D eigenvalue weighted by molar-refractivity contribution is -0.132. The Kier molecular flexibility index (Phi) is 3.47. The van der Waals surface area contributed by atoms with E-state index in [2.05, 4.69) is 5.32 Å². The third kappa shape index (κ3) is 2.59. The highest BCUT2D eigenvalue weighted by molar-refractivity contribution is 5.77. The Morgan fingerprint density at radius 3 is 2.94 bits per heavy atom. The average molecular weight is 247 g/mol. The lowest BCUT2D eigenvalue weighted by atomic mass is 10.1. The minimum Gasteiger partial charge on any atom is -0.380 e. The molecule has 5 heteroatoms. The fraction of sp³-hybridized carbons (Fsp3) is 0.385. The third-order valence-electron chi connectivity index (χ3n) is 3.09. The number of benzene rings is 1. The molecule has 1 N–H and O–H groups in total. The molecule has 1 aromatic rings. The fourth-order valence-electron chi connectivity index (χ4n) is 2.06. The van der Waals surface area contributed by atoms with Crippen LogP contribution in [0.15, 0.2) is 18.2 Å². The molecule has 1 atom stereocenters. The second-order valence-electron chi connectivity index (χ2n) is 4.46. The van der Waals surface area contributed by atoms with E-state index in [0.29, 0.717) is 18.7 Å². The van der Waals surface area contributed by atoms with Crippen LogP contribution < -0.4 is 5.32 Å². The number of hydrogen-bond donors (Lipinski definition) is 1. The molecular formula is C13H14FN3O. The predicted molar refractivity (Wildman–Crippen MR) is 65.4 cm³/mol. The topological polar surface area (TPSA) is 56.1 Å². The van der Waals surface area contributed by atoms with Crippen LogP contribution in [0, 0.1) is 17.1 Å². The maximum Gasteiger partial charge on any atom is 0.222 e. The molecule has 18 heavy (non-hydrogen) atoms. The number of halogens is 1. The molecule has 0 bridgehead atoms. The van der Waals surface area contributed by atoms with Gasteiger partial charge in [0.1, 0.15) is 11.9 Å². The van der Waals surface area contributed by atoms with Gasteiger partial charge < -0.3 is 10.2 Å². The second kappa shape index (κ2) is 5.05. The van der Waals surface area contributed by atoms with Crippen LogP contribution in [-0.2, 0) is 4.79 Å². The minimum atomic E-state index is -0.525. The van der Waals surface area contributed by atoms with Crippen molar-refractivity contribution in [3.05, 3.63) is 29.6 Å². The van der Waals surface area contributed by atoms with E-state index in [-0.39, 0.29) is 17.5 Å². The first-order valence-corrected chi connectivity index (χ1v) is 5.80. The fourth-order valence-corrected chi connectivity index (χ4v) is 2.06. The Morgan fingerprint density at radius 1 is 1.56 bits per heavy atom. The molecule has 1 aliphatic heterocycles. The number of anilines is 1. The normalized spacial score (nSPS) is 19.5. The summed E-state index contributed by atoms with van der Waals surface area (Å²) < 4.78 is 13.4. The molecule has 94 valence electrons. The lowest BCUT2D eigenvalue weighted by Gasteiger charge is -2.30. The van der Waals surface area contributed by atoms with Gasteiger partial charge in [0, 0.05) is 31.7 Å². The number of hydrogen-bond acceptors (Lipinski definition) is 3. The molecule has 0 aromatic heterocycles. The van der Waals surface area contributed by atoms with Crippen LogP contribution in [0.3, 0.4) is 0 Å². The Labute approximate surface area is 105 Å². The van der Waals surface area contributed by atoms with E-state index in [0.717, 1.165) is 6.42 Å². The SMILES string of the molecule is CN1CC(Nc2ccc(C#N)c(F)c2)CCC1=O. The average Bonchev–Trinajstić information content (AvgIpc) is 2.34. The Bertz CT molecular complexity index is 509. The molecule has 0 spiro atoms. The van der Waals surface area contributed by atoms with Gasteiger partial charge in [0.15, 0.2) is 0 Å². The molecule has 1 amide bonds. The van der Waals surface area contributed by atoms with Gasteiger partial charge in [-0.1, -0.05) is 0 Å². The number of nitriles is 1. The van der Waals surface area contributed by atoms with Gasteiger partial charge in [0.05, 0.1) is 5.56 Å². The summed E-state index contributed by atoms with van der Waals surface area (Å²) in [4.78, 5) is 13.0. The van der Waals surface area contributed by atoms with Gasteiger partial charge in [0.2, 0.25) is 5.91 Å². The van der Waals surface area contributed by atoms with Gasteiger partial charge in [-0.2, -0.15) is 5.26 Å². The van der Waals surface area contributed by atoms with E-state index in [1.165, 1.54) is 12.1 Å². The van der Waals surface area contributed by atoms with Crippen LogP contribution in [-0.4, -0.2) is 30.4 Å². The van der Waals surface area contributed by atoms with Crippen molar-refractivity contribution in [1.29, 1.82) is 5.26 Å². The van der Waals surface area contributed by atoms with Gasteiger partial charge in [-0.25, -0.2) is 4.39 Å². The molecule has 1 unspecified atom stereocenters. The number of rotatable bonds is 2. The highest BCUT2D eigenvalue weighted by atomic mass is 19.1. The second-order valence-corrected chi connectivity index (χ2v) is 4.46. The van der Waals surface area contributed by atoms with Crippen LogP contribution in [0.25, 0.3) is 0 Å². The number of amides is 1. The van der Waals surface area contributed by atoms with Gasteiger partial charge in [-0.05, 0) is 24.6 Å². The van der Waals surface area contributed by atoms with Crippen LogP contribution in [0.1, 0.15) is 18.4 Å². The molecule has 0 radical (unpaired) electrons. The number of nitrogens with one attached hydrogen (secondary N) is 1. The van der Waals surface area contributed by atoms with Gasteiger partial charge in [-0.15, -0.1) is 0 Å². The van der Waals surface area contributed by atoms with Crippen molar-refractivity contribution in [3.8, 4) is 6.07 Å². The third-order valence-corrected chi connectivity index (χ3v) is 3.09. The summed E-state index contributed by atoms with van der Waals surface area (Å²) in [5.41, 5.74) is 0.677. The maximum atomic E-state index is 13.4. The molecule has 1 fully saturated rings. The van der Waals surface area contributed by atoms with E-state index < -0.39 is 5.82 Å². The number of piperidine rings is 1. The zero-order valence-corrected chi connectivity index (χ0v) is 10.1. The molecular weight excluding hydrogens is 233 g/mol. The van der Waals surface area contributed by atoms with Crippen molar-refractivity contribution in [2.45, 2.75) is 18.9 Å². The van der Waals surface area contributed by atoms with Crippen molar-refractivity contribution >= 4 is 11.6 Å². The van der Waals surface area contributed by atoms with Crippen LogP contribution in [0.5, 0.6) is 0 Å². The Hall–Kier alpha value is -2.09. The zero-order valence-electron chi connectivity index (χ0n) is 10.1. The molecule has 1 saturated heterocycles. The number of carbonyl (C=O) groups is 1. The van der Waals surface area contributed by atoms with Gasteiger partial charge in [-0.3, -0.25) is 4.79 Å². The molecule has 0 saturated carbocycles. The summed E-state index contributed by atoms with van der Waals surface area (Å²) in [7, 11) is 1.76. The molecule has 4 nitrogen and oxygen atoms in total. The largest absolute Gasteiger partial charge is 0.380 e. The monoisotopic (exact) mass is 247 g/mol. The molecule has 1 aliphatic rings. The van der Waals surface area contributed by atoms with E-state index in [9.17, 15) is 9.18 Å². The van der Waals surface area contributed by atoms with E-state index >= 15 is 0 Å².